The van der Waals surface area contributed by atoms with Gasteiger partial charge in [-0.1, -0.05) is 12.8 Å². The maximum atomic E-state index is 13.0. The summed E-state index contributed by atoms with van der Waals surface area (Å²) in [6.45, 7) is 8.77. The third kappa shape index (κ3) is 4.49. The van der Waals surface area contributed by atoms with Crippen LogP contribution < -0.4 is 0 Å². The summed E-state index contributed by atoms with van der Waals surface area (Å²) in [5.74, 6) is -0.0570. The van der Waals surface area contributed by atoms with Crippen molar-refractivity contribution in [1.82, 2.24) is 14.7 Å². The lowest BCUT2D eigenvalue weighted by Gasteiger charge is -2.39. The van der Waals surface area contributed by atoms with Crippen LogP contribution in [-0.2, 0) is 9.53 Å². The molecule has 2 heterocycles. The molecule has 0 aromatic heterocycles. The zero-order chi connectivity index (χ0) is 18.9. The molecule has 1 aliphatic carbocycles. The van der Waals surface area contributed by atoms with Gasteiger partial charge in [0.2, 0.25) is 5.91 Å². The second-order valence-corrected chi connectivity index (χ2v) is 8.84. The molecule has 2 atom stereocenters. The van der Waals surface area contributed by atoms with Crippen molar-refractivity contribution in [3.05, 3.63) is 0 Å². The first kappa shape index (κ1) is 19.4. The Morgan fingerprint density at radius 2 is 1.65 bits per heavy atom. The Labute approximate surface area is 156 Å². The molecule has 1 saturated carbocycles. The van der Waals surface area contributed by atoms with Crippen molar-refractivity contribution < 1.29 is 19.4 Å². The van der Waals surface area contributed by atoms with Crippen LogP contribution in [0.15, 0.2) is 0 Å². The fourth-order valence-corrected chi connectivity index (χ4v) is 4.36. The minimum Gasteiger partial charge on any atom is -0.444 e. The number of aliphatic hydroxyl groups is 1. The average molecular weight is 367 g/mol. The summed E-state index contributed by atoms with van der Waals surface area (Å²) in [7, 11) is 0. The number of piperazine rings is 1. The van der Waals surface area contributed by atoms with Crippen LogP contribution in [0.4, 0.5) is 4.79 Å². The van der Waals surface area contributed by atoms with Crippen molar-refractivity contribution in [2.75, 3.05) is 32.7 Å². The van der Waals surface area contributed by atoms with E-state index in [-0.39, 0.29) is 12.5 Å². The maximum Gasteiger partial charge on any atom is 0.411 e. The summed E-state index contributed by atoms with van der Waals surface area (Å²) >= 11 is 0. The van der Waals surface area contributed by atoms with Crippen LogP contribution in [-0.4, -0.2) is 88.3 Å². The van der Waals surface area contributed by atoms with Gasteiger partial charge in [-0.2, -0.15) is 0 Å². The summed E-state index contributed by atoms with van der Waals surface area (Å²) in [4.78, 5) is 31.2. The van der Waals surface area contributed by atoms with Gasteiger partial charge in [-0.05, 0) is 33.6 Å². The Balaban J connectivity index is 1.58. The summed E-state index contributed by atoms with van der Waals surface area (Å²) in [6.07, 6.45) is 4.28. The molecule has 7 nitrogen and oxygen atoms in total. The van der Waals surface area contributed by atoms with Gasteiger partial charge in [-0.25, -0.2) is 4.79 Å². The predicted octanol–water partition coefficient (Wildman–Crippen LogP) is 1.44. The molecule has 2 aliphatic heterocycles. The van der Waals surface area contributed by atoms with Crippen molar-refractivity contribution in [1.29, 1.82) is 0 Å². The molecule has 2 unspecified atom stereocenters. The number of carbonyl (C=O) groups is 2. The molecule has 0 radical (unpaired) electrons. The molecule has 0 aromatic rings. The number of ether oxygens (including phenoxy) is 1. The Hall–Kier alpha value is -1.34. The Morgan fingerprint density at radius 3 is 2.23 bits per heavy atom. The monoisotopic (exact) mass is 367 g/mol. The first-order valence-electron chi connectivity index (χ1n) is 9.95. The van der Waals surface area contributed by atoms with Gasteiger partial charge in [0.15, 0.2) is 0 Å². The normalized spacial score (nSPS) is 28.6. The molecule has 3 rings (SSSR count). The van der Waals surface area contributed by atoms with E-state index in [1.165, 1.54) is 30.6 Å². The number of nitrogens with zero attached hydrogens (tertiary/aromatic N) is 3. The number of hydrogen-bond acceptors (Lipinski definition) is 5. The Morgan fingerprint density at radius 1 is 1.04 bits per heavy atom. The van der Waals surface area contributed by atoms with Gasteiger partial charge in [0.05, 0.1) is 12.6 Å². The smallest absolute Gasteiger partial charge is 0.411 e. The van der Waals surface area contributed by atoms with Crippen molar-refractivity contribution in [2.24, 2.45) is 0 Å². The minimum atomic E-state index is -0.670. The zero-order valence-electron chi connectivity index (χ0n) is 16.3. The van der Waals surface area contributed by atoms with Crippen molar-refractivity contribution in [3.8, 4) is 0 Å². The van der Waals surface area contributed by atoms with E-state index in [0.717, 1.165) is 13.1 Å². The number of aliphatic hydroxyl groups excluding tert-OH is 1. The molecule has 148 valence electrons. The van der Waals surface area contributed by atoms with Crippen LogP contribution >= 0.6 is 0 Å². The summed E-state index contributed by atoms with van der Waals surface area (Å²) < 4.78 is 5.42. The van der Waals surface area contributed by atoms with Crippen LogP contribution in [0.1, 0.15) is 52.9 Å². The van der Waals surface area contributed by atoms with Crippen molar-refractivity contribution >= 4 is 12.0 Å². The molecule has 3 fully saturated rings. The maximum absolute atomic E-state index is 13.0. The molecular weight excluding hydrogens is 334 g/mol. The highest BCUT2D eigenvalue weighted by atomic mass is 16.6. The SMILES string of the molecule is CC(C)(C)OC(=O)N1CC(O)CC1C(=O)N1CCN(C2CCCC2)CC1. The molecular formula is C19H33N3O4. The second kappa shape index (κ2) is 7.72. The standard InChI is InChI=1S/C19H33N3O4/c1-19(2,3)26-18(25)22-13-15(23)12-16(22)17(24)21-10-8-20(9-11-21)14-6-4-5-7-14/h14-16,23H,4-13H2,1-3H3. The molecule has 3 aliphatic rings. The Bertz CT molecular complexity index is 519. The summed E-state index contributed by atoms with van der Waals surface area (Å²) in [5, 5.41) is 10.0. The van der Waals surface area contributed by atoms with Crippen LogP contribution in [0.25, 0.3) is 0 Å². The van der Waals surface area contributed by atoms with E-state index in [9.17, 15) is 14.7 Å². The molecule has 1 N–H and O–H groups in total. The van der Waals surface area contributed by atoms with Gasteiger partial charge < -0.3 is 14.7 Å². The van der Waals surface area contributed by atoms with E-state index in [2.05, 4.69) is 4.90 Å². The zero-order valence-corrected chi connectivity index (χ0v) is 16.3. The highest BCUT2D eigenvalue weighted by Gasteiger charge is 2.43. The van der Waals surface area contributed by atoms with E-state index < -0.39 is 23.8 Å². The van der Waals surface area contributed by atoms with Gasteiger partial charge in [-0.15, -0.1) is 0 Å². The highest BCUT2D eigenvalue weighted by Crippen LogP contribution is 2.26. The fraction of sp³-hybridized carbons (Fsp3) is 0.895. The number of likely N-dealkylation sites (tertiary alicyclic amines) is 1. The number of β-amino-alcohol motifs (C(OH)–C–C–N with tert-alkyl or cyclic N) is 1. The number of rotatable bonds is 2. The average Bonchev–Trinajstić information content (AvgIpc) is 3.22. The lowest BCUT2D eigenvalue weighted by molar-refractivity contribution is -0.138. The number of hydrogen-bond donors (Lipinski definition) is 1. The van der Waals surface area contributed by atoms with Crippen molar-refractivity contribution in [3.63, 3.8) is 0 Å². The minimum absolute atomic E-state index is 0.0570. The fourth-order valence-electron chi connectivity index (χ4n) is 4.36. The Kier molecular flexibility index (Phi) is 5.77. The van der Waals surface area contributed by atoms with Crippen LogP contribution in [0.2, 0.25) is 0 Å². The van der Waals surface area contributed by atoms with Crippen molar-refractivity contribution in [2.45, 2.75) is 76.7 Å². The van der Waals surface area contributed by atoms with Crippen LogP contribution in [0, 0.1) is 0 Å². The van der Waals surface area contributed by atoms with E-state index in [4.69, 9.17) is 4.74 Å². The third-order valence-corrected chi connectivity index (χ3v) is 5.66. The molecule has 7 heteroatoms. The first-order valence-corrected chi connectivity index (χ1v) is 9.95. The molecule has 0 spiro atoms. The van der Waals surface area contributed by atoms with E-state index in [0.29, 0.717) is 25.6 Å². The topological polar surface area (TPSA) is 73.3 Å². The highest BCUT2D eigenvalue weighted by molar-refractivity contribution is 5.86. The van der Waals surface area contributed by atoms with E-state index in [1.54, 1.807) is 20.8 Å². The molecule has 2 saturated heterocycles. The lowest BCUT2D eigenvalue weighted by Crippen LogP contribution is -2.56. The van der Waals surface area contributed by atoms with E-state index in [1.807, 2.05) is 4.90 Å². The second-order valence-electron chi connectivity index (χ2n) is 8.84. The van der Waals surface area contributed by atoms with Gasteiger partial charge >= 0.3 is 6.09 Å². The molecule has 2 amide bonds. The van der Waals surface area contributed by atoms with Crippen LogP contribution in [0.5, 0.6) is 0 Å². The first-order chi connectivity index (χ1) is 12.2. The largest absolute Gasteiger partial charge is 0.444 e. The van der Waals surface area contributed by atoms with Gasteiger partial charge in [0.25, 0.3) is 0 Å². The van der Waals surface area contributed by atoms with Gasteiger partial charge in [0.1, 0.15) is 11.6 Å². The quantitative estimate of drug-likeness (QED) is 0.800. The van der Waals surface area contributed by atoms with Gasteiger partial charge in [-0.3, -0.25) is 14.6 Å². The molecule has 0 aromatic carbocycles. The van der Waals surface area contributed by atoms with Gasteiger partial charge in [0, 0.05) is 38.6 Å². The van der Waals surface area contributed by atoms with E-state index >= 15 is 0 Å². The molecule has 26 heavy (non-hydrogen) atoms. The molecule has 0 bridgehead atoms. The number of amides is 2. The predicted molar refractivity (Wildman–Crippen MR) is 97.8 cm³/mol. The third-order valence-electron chi connectivity index (χ3n) is 5.66. The van der Waals surface area contributed by atoms with Crippen LogP contribution in [0.3, 0.4) is 0 Å². The number of carbonyl (C=O) groups excluding carboxylic acids is 2. The summed E-state index contributed by atoms with van der Waals surface area (Å²) in [5.41, 5.74) is -0.620. The lowest BCUT2D eigenvalue weighted by atomic mass is 10.1. The summed E-state index contributed by atoms with van der Waals surface area (Å²) in [6, 6.07) is 0.0664.